The zero-order valence-corrected chi connectivity index (χ0v) is 12.1. The lowest BCUT2D eigenvalue weighted by Crippen LogP contribution is -2.09. The summed E-state index contributed by atoms with van der Waals surface area (Å²) in [5, 5.41) is 0. The smallest absolute Gasteiger partial charge is 0.264 e. The fourth-order valence-electron chi connectivity index (χ4n) is 1.52. The Bertz CT molecular complexity index is 749. The lowest BCUT2D eigenvalue weighted by molar-refractivity contribution is 0.259. The molecule has 21 heavy (non-hydrogen) atoms. The second kappa shape index (κ2) is 6.55. The van der Waals surface area contributed by atoms with Gasteiger partial charge in [0.15, 0.2) is 0 Å². The highest BCUT2D eigenvalue weighted by Crippen LogP contribution is 2.10. The molecule has 0 amide bonds. The molecule has 6 nitrogen and oxygen atoms in total. The highest BCUT2D eigenvalue weighted by atomic mass is 32.2. The van der Waals surface area contributed by atoms with Gasteiger partial charge in [-0.1, -0.05) is 30.3 Å². The molecule has 0 fully saturated rings. The van der Waals surface area contributed by atoms with Gasteiger partial charge in [0, 0.05) is 6.07 Å². The summed E-state index contributed by atoms with van der Waals surface area (Å²) >= 11 is 0. The average molecular weight is 310 g/mol. The van der Waals surface area contributed by atoms with E-state index in [4.69, 9.17) is 9.15 Å². The van der Waals surface area contributed by atoms with Crippen LogP contribution in [0.4, 0.5) is 0 Å². The molecule has 112 valence electrons. The van der Waals surface area contributed by atoms with Crippen LogP contribution in [-0.2, 0) is 27.5 Å². The molecule has 1 aromatic heterocycles. The summed E-state index contributed by atoms with van der Waals surface area (Å²) in [6.07, 6.45) is 2.06. The molecule has 0 saturated carbocycles. The molecule has 0 aliphatic rings. The van der Waals surface area contributed by atoms with Gasteiger partial charge in [0.05, 0.1) is 6.26 Å². The van der Waals surface area contributed by atoms with Gasteiger partial charge in [-0.2, -0.15) is 8.42 Å². The van der Waals surface area contributed by atoms with Gasteiger partial charge in [-0.3, -0.25) is 8.98 Å². The number of ether oxygens (including phenoxy) is 1. The number of rotatable bonds is 6. The third-order valence-electron chi connectivity index (χ3n) is 2.50. The van der Waals surface area contributed by atoms with Crippen LogP contribution in [0.2, 0.25) is 0 Å². The Balaban J connectivity index is 2.01. The minimum absolute atomic E-state index is 0.0574. The van der Waals surface area contributed by atoms with Crippen LogP contribution in [0.25, 0.3) is 0 Å². The van der Waals surface area contributed by atoms with E-state index in [2.05, 4.69) is 4.18 Å². The first-order chi connectivity index (χ1) is 9.94. The van der Waals surface area contributed by atoms with E-state index in [-0.39, 0.29) is 24.7 Å². The van der Waals surface area contributed by atoms with Crippen LogP contribution >= 0.6 is 0 Å². The van der Waals surface area contributed by atoms with Gasteiger partial charge in [-0.05, 0) is 5.56 Å². The normalized spacial score (nSPS) is 11.3. The van der Waals surface area contributed by atoms with Gasteiger partial charge >= 0.3 is 0 Å². The van der Waals surface area contributed by atoms with E-state index in [9.17, 15) is 13.2 Å². The van der Waals surface area contributed by atoms with Crippen molar-refractivity contribution in [2.45, 2.75) is 13.2 Å². The Morgan fingerprint density at radius 2 is 1.86 bits per heavy atom. The maximum absolute atomic E-state index is 11.8. The zero-order chi connectivity index (χ0) is 15.3. The van der Waals surface area contributed by atoms with Crippen molar-refractivity contribution in [3.63, 3.8) is 0 Å². The number of hydrogen-bond donors (Lipinski definition) is 0. The largest absolute Gasteiger partial charge is 0.482 e. The van der Waals surface area contributed by atoms with Crippen LogP contribution in [0.3, 0.4) is 0 Å². The van der Waals surface area contributed by atoms with Crippen molar-refractivity contribution in [3.05, 3.63) is 64.2 Å². The maximum atomic E-state index is 11.8. The average Bonchev–Trinajstić information content (AvgIpc) is 2.44. The molecule has 1 aromatic carbocycles. The summed E-state index contributed by atoms with van der Waals surface area (Å²) in [5.41, 5.74) is 0.519. The molecule has 0 aliphatic heterocycles. The van der Waals surface area contributed by atoms with Crippen LogP contribution in [0.1, 0.15) is 11.3 Å². The Labute approximate surface area is 122 Å². The first-order valence-electron chi connectivity index (χ1n) is 6.07. The number of benzene rings is 1. The quantitative estimate of drug-likeness (QED) is 0.755. The minimum atomic E-state index is -3.58. The molecule has 0 aliphatic carbocycles. The molecular weight excluding hydrogens is 296 g/mol. The molecule has 0 radical (unpaired) electrons. The number of hydrogen-bond acceptors (Lipinski definition) is 6. The first-order valence-corrected chi connectivity index (χ1v) is 7.88. The van der Waals surface area contributed by atoms with E-state index in [1.807, 2.05) is 30.3 Å². The Hall–Kier alpha value is -2.12. The molecule has 2 rings (SSSR count). The molecule has 0 unspecified atom stereocenters. The SMILES string of the molecule is CS(=O)(=O)OCc1cc(=O)c(OCc2ccccc2)co1. The summed E-state index contributed by atoms with van der Waals surface area (Å²) in [5.74, 6) is 0.166. The highest BCUT2D eigenvalue weighted by molar-refractivity contribution is 7.85. The van der Waals surface area contributed by atoms with Crippen molar-refractivity contribution in [1.29, 1.82) is 0 Å². The minimum Gasteiger partial charge on any atom is -0.482 e. The highest BCUT2D eigenvalue weighted by Gasteiger charge is 2.08. The summed E-state index contributed by atoms with van der Waals surface area (Å²) in [4.78, 5) is 11.8. The van der Waals surface area contributed by atoms with Crippen molar-refractivity contribution in [2.24, 2.45) is 0 Å². The van der Waals surface area contributed by atoms with Crippen LogP contribution in [0.15, 0.2) is 51.9 Å². The van der Waals surface area contributed by atoms with Crippen LogP contribution < -0.4 is 10.2 Å². The van der Waals surface area contributed by atoms with Crippen molar-refractivity contribution in [1.82, 2.24) is 0 Å². The Morgan fingerprint density at radius 1 is 1.14 bits per heavy atom. The fraction of sp³-hybridized carbons (Fsp3) is 0.214. The van der Waals surface area contributed by atoms with Crippen LogP contribution in [0.5, 0.6) is 5.75 Å². The van der Waals surface area contributed by atoms with E-state index in [0.29, 0.717) is 0 Å². The second-order valence-corrected chi connectivity index (χ2v) is 5.96. The third-order valence-corrected chi connectivity index (χ3v) is 3.05. The predicted molar refractivity (Wildman–Crippen MR) is 75.4 cm³/mol. The van der Waals surface area contributed by atoms with Crippen molar-refractivity contribution in [2.75, 3.05) is 6.26 Å². The van der Waals surface area contributed by atoms with E-state index < -0.39 is 15.5 Å². The lowest BCUT2D eigenvalue weighted by Gasteiger charge is -2.06. The van der Waals surface area contributed by atoms with Crippen molar-refractivity contribution >= 4 is 10.1 Å². The van der Waals surface area contributed by atoms with Gasteiger partial charge in [-0.15, -0.1) is 0 Å². The van der Waals surface area contributed by atoms with Gasteiger partial charge in [-0.25, -0.2) is 0 Å². The molecule has 0 bridgehead atoms. The Morgan fingerprint density at radius 3 is 2.48 bits per heavy atom. The molecule has 0 saturated heterocycles. The fourth-order valence-corrected chi connectivity index (χ4v) is 1.85. The second-order valence-electron chi connectivity index (χ2n) is 4.32. The molecule has 0 spiro atoms. The van der Waals surface area contributed by atoms with E-state index in [1.165, 1.54) is 0 Å². The monoisotopic (exact) mass is 310 g/mol. The zero-order valence-electron chi connectivity index (χ0n) is 11.3. The third kappa shape index (κ3) is 5.05. The summed E-state index contributed by atoms with van der Waals surface area (Å²) in [6, 6.07) is 10.5. The molecule has 2 aromatic rings. The molecular formula is C14H14O6S. The predicted octanol–water partition coefficient (Wildman–Crippen LogP) is 1.70. The van der Waals surface area contributed by atoms with Gasteiger partial charge in [0.1, 0.15) is 25.2 Å². The first kappa shape index (κ1) is 15.3. The van der Waals surface area contributed by atoms with E-state index in [0.717, 1.165) is 24.1 Å². The van der Waals surface area contributed by atoms with Crippen molar-refractivity contribution < 1.29 is 21.8 Å². The van der Waals surface area contributed by atoms with Crippen LogP contribution in [0, 0.1) is 0 Å². The summed E-state index contributed by atoms with van der Waals surface area (Å²) in [6.45, 7) is -0.0855. The Kier molecular flexibility index (Phi) is 4.77. The van der Waals surface area contributed by atoms with Gasteiger partial charge in [0.25, 0.3) is 10.1 Å². The summed E-state index contributed by atoms with van der Waals surface area (Å²) in [7, 11) is -3.58. The van der Waals surface area contributed by atoms with Gasteiger partial charge < -0.3 is 9.15 Å². The van der Waals surface area contributed by atoms with Crippen LogP contribution in [-0.4, -0.2) is 14.7 Å². The van der Waals surface area contributed by atoms with E-state index >= 15 is 0 Å². The van der Waals surface area contributed by atoms with E-state index in [1.54, 1.807) is 0 Å². The lowest BCUT2D eigenvalue weighted by atomic mass is 10.2. The standard InChI is InChI=1S/C14H14O6S/c1-21(16,17)20-9-12-7-13(15)14(10-18-12)19-8-11-5-3-2-4-6-11/h2-7,10H,8-9H2,1H3. The van der Waals surface area contributed by atoms with Gasteiger partial charge in [0.2, 0.25) is 11.2 Å². The molecule has 0 N–H and O–H groups in total. The summed E-state index contributed by atoms with van der Waals surface area (Å²) < 4.78 is 36.7. The molecule has 1 heterocycles. The maximum Gasteiger partial charge on any atom is 0.264 e. The topological polar surface area (TPSA) is 82.8 Å². The molecule has 7 heteroatoms. The molecule has 0 atom stereocenters. The van der Waals surface area contributed by atoms with Crippen molar-refractivity contribution in [3.8, 4) is 5.75 Å².